The van der Waals surface area contributed by atoms with Gasteiger partial charge in [-0.3, -0.25) is 0 Å². The van der Waals surface area contributed by atoms with E-state index in [1.54, 1.807) is 13.0 Å². The predicted molar refractivity (Wildman–Crippen MR) is 150 cm³/mol. The molecule has 0 heterocycles. The fraction of sp³-hybridized carbons (Fsp3) is 0.733. The van der Waals surface area contributed by atoms with E-state index in [4.69, 9.17) is 9.47 Å². The molecule has 0 radical (unpaired) electrons. The molecule has 1 rings (SSSR count). The Morgan fingerprint density at radius 1 is 0.692 bits per heavy atom. The average Bonchev–Trinajstić information content (AvgIpc) is 2.89. The molecule has 7 nitrogen and oxygen atoms in total. The summed E-state index contributed by atoms with van der Waals surface area (Å²) in [4.78, 5) is 25.0. The van der Waals surface area contributed by atoms with Crippen molar-refractivity contribution in [1.29, 1.82) is 0 Å². The summed E-state index contributed by atoms with van der Waals surface area (Å²) in [5, 5.41) is 0. The van der Waals surface area contributed by atoms with Crippen molar-refractivity contribution < 1.29 is 83.4 Å². The fourth-order valence-corrected chi connectivity index (χ4v) is 5.14. The molecule has 1 atom stereocenters. The van der Waals surface area contributed by atoms with Gasteiger partial charge in [0.15, 0.2) is 5.44 Å². The molecule has 0 saturated heterocycles. The summed E-state index contributed by atoms with van der Waals surface area (Å²) >= 11 is 0. The molecule has 0 bridgehead atoms. The van der Waals surface area contributed by atoms with Crippen LogP contribution in [0.4, 0.5) is 0 Å². The largest absolute Gasteiger partial charge is 1.00 e. The van der Waals surface area contributed by atoms with Crippen LogP contribution >= 0.6 is 0 Å². The molecule has 0 N–H and O–H groups in total. The number of esters is 2. The van der Waals surface area contributed by atoms with Crippen LogP contribution in [-0.4, -0.2) is 37.0 Å². The molecule has 218 valence electrons. The maximum absolute atomic E-state index is 12.5. The molecule has 1 aromatic carbocycles. The Balaban J connectivity index is 0.0000144. The van der Waals surface area contributed by atoms with Gasteiger partial charge in [-0.2, -0.15) is 0 Å². The summed E-state index contributed by atoms with van der Waals surface area (Å²) in [7, 11) is -4.81. The number of unbranched alkanes of at least 4 members (excludes halogenated alkanes) is 15. The Hall–Kier alpha value is -0.294. The van der Waals surface area contributed by atoms with Crippen LogP contribution in [0.5, 0.6) is 0 Å². The van der Waals surface area contributed by atoms with Crippen LogP contribution in [0.15, 0.2) is 24.3 Å². The van der Waals surface area contributed by atoms with Crippen LogP contribution in [0, 0.1) is 0 Å². The van der Waals surface area contributed by atoms with Crippen molar-refractivity contribution in [2.45, 2.75) is 135 Å². The fourth-order valence-electron chi connectivity index (χ4n) is 4.41. The molecule has 1 aromatic rings. The zero-order chi connectivity index (χ0) is 28.1. The van der Waals surface area contributed by atoms with Gasteiger partial charge in [0.1, 0.15) is 10.1 Å². The first-order valence-corrected chi connectivity index (χ1v) is 16.2. The Kier molecular flexibility index (Phi) is 24.1. The Morgan fingerprint density at radius 2 is 1.10 bits per heavy atom. The van der Waals surface area contributed by atoms with Gasteiger partial charge in [-0.15, -0.1) is 0 Å². The van der Waals surface area contributed by atoms with Gasteiger partial charge < -0.3 is 14.0 Å². The van der Waals surface area contributed by atoms with Gasteiger partial charge in [-0.05, 0) is 25.0 Å². The second kappa shape index (κ2) is 24.3. The molecule has 0 aromatic heterocycles. The van der Waals surface area contributed by atoms with E-state index in [1.165, 1.54) is 102 Å². The maximum Gasteiger partial charge on any atom is 1.00 e. The summed E-state index contributed by atoms with van der Waals surface area (Å²) in [6.07, 6.45) is 20.4. The van der Waals surface area contributed by atoms with Crippen molar-refractivity contribution >= 4 is 22.1 Å². The molecular formula is C30H49KO7S. The molecule has 0 aliphatic heterocycles. The second-order valence-corrected chi connectivity index (χ2v) is 11.6. The Labute approximate surface area is 279 Å². The van der Waals surface area contributed by atoms with E-state index in [0.29, 0.717) is 6.42 Å². The SMILES string of the molecule is CCCCCCCCCCCCCCCCCCOC(=O)c1ccccc1C(=O)OC(CCC)S(=O)(=O)[O-].[K+]. The van der Waals surface area contributed by atoms with Crippen molar-refractivity contribution in [2.75, 3.05) is 6.61 Å². The Bertz CT molecular complexity index is 889. The van der Waals surface area contributed by atoms with Gasteiger partial charge in [-0.25, -0.2) is 18.0 Å². The van der Waals surface area contributed by atoms with E-state index in [-0.39, 0.29) is 75.5 Å². The van der Waals surface area contributed by atoms with Crippen molar-refractivity contribution in [2.24, 2.45) is 0 Å². The molecule has 0 spiro atoms. The minimum absolute atomic E-state index is 0. The number of hydrogen-bond acceptors (Lipinski definition) is 7. The minimum Gasteiger partial charge on any atom is -0.745 e. The molecule has 1 unspecified atom stereocenters. The predicted octanol–water partition coefficient (Wildman–Crippen LogP) is 4.94. The van der Waals surface area contributed by atoms with Gasteiger partial charge in [-0.1, -0.05) is 129 Å². The quantitative estimate of drug-likeness (QED) is 0.0766. The number of carbonyl (C=O) groups is 2. The molecule has 9 heteroatoms. The number of carbonyl (C=O) groups excluding carboxylic acids is 2. The first-order valence-electron chi connectivity index (χ1n) is 14.7. The standard InChI is InChI=1S/C30H50O7S.K/c1-3-5-6-7-8-9-10-11-12-13-14-15-16-17-18-21-25-36-29(31)26-23-19-20-24-27(26)30(32)37-28(22-4-2)38(33,34)35;/h19-20,23-24,28H,3-18,21-22,25H2,1-2H3,(H,33,34,35);/q;+1/p-1. The van der Waals surface area contributed by atoms with Crippen molar-refractivity contribution in [3.05, 3.63) is 35.4 Å². The minimum atomic E-state index is -4.81. The smallest absolute Gasteiger partial charge is 0.745 e. The molecule has 0 amide bonds. The van der Waals surface area contributed by atoms with E-state index in [2.05, 4.69) is 6.92 Å². The number of benzene rings is 1. The van der Waals surface area contributed by atoms with Crippen molar-refractivity contribution in [3.63, 3.8) is 0 Å². The van der Waals surface area contributed by atoms with Crippen LogP contribution < -0.4 is 51.4 Å². The third-order valence-electron chi connectivity index (χ3n) is 6.68. The van der Waals surface area contributed by atoms with E-state index < -0.39 is 27.5 Å². The summed E-state index contributed by atoms with van der Waals surface area (Å²) in [5.41, 5.74) is -1.91. The molecule has 0 saturated carbocycles. The topological polar surface area (TPSA) is 110 Å². The molecule has 0 fully saturated rings. The molecular weight excluding hydrogens is 543 g/mol. The third-order valence-corrected chi connectivity index (χ3v) is 7.66. The van der Waals surface area contributed by atoms with Gasteiger partial charge in [0.2, 0.25) is 0 Å². The average molecular weight is 593 g/mol. The Morgan fingerprint density at radius 3 is 1.51 bits per heavy atom. The summed E-state index contributed by atoms with van der Waals surface area (Å²) in [6, 6.07) is 5.89. The zero-order valence-corrected chi connectivity index (χ0v) is 28.5. The van der Waals surface area contributed by atoms with E-state index in [9.17, 15) is 22.6 Å². The van der Waals surface area contributed by atoms with Gasteiger partial charge >= 0.3 is 63.3 Å². The maximum atomic E-state index is 12.5. The van der Waals surface area contributed by atoms with Crippen LogP contribution in [0.25, 0.3) is 0 Å². The first kappa shape index (κ1) is 38.7. The first-order chi connectivity index (χ1) is 18.3. The molecule has 0 aliphatic carbocycles. The van der Waals surface area contributed by atoms with E-state index in [0.717, 1.165) is 19.3 Å². The second-order valence-electron chi connectivity index (χ2n) is 10.1. The third kappa shape index (κ3) is 18.7. The van der Waals surface area contributed by atoms with Gasteiger partial charge in [0, 0.05) is 0 Å². The summed E-state index contributed by atoms with van der Waals surface area (Å²) in [6.45, 7) is 4.18. The van der Waals surface area contributed by atoms with Crippen molar-refractivity contribution in [3.8, 4) is 0 Å². The zero-order valence-electron chi connectivity index (χ0n) is 24.6. The number of rotatable bonds is 23. The van der Waals surface area contributed by atoms with E-state index >= 15 is 0 Å². The number of ether oxygens (including phenoxy) is 2. The van der Waals surface area contributed by atoms with Crippen LogP contribution in [0.1, 0.15) is 150 Å². The normalized spacial score (nSPS) is 12.0. The number of hydrogen-bond donors (Lipinski definition) is 0. The van der Waals surface area contributed by atoms with Crippen LogP contribution in [-0.2, 0) is 19.6 Å². The monoisotopic (exact) mass is 592 g/mol. The van der Waals surface area contributed by atoms with E-state index in [1.807, 2.05) is 0 Å². The van der Waals surface area contributed by atoms with Crippen LogP contribution in [0.3, 0.4) is 0 Å². The van der Waals surface area contributed by atoms with Crippen molar-refractivity contribution in [1.82, 2.24) is 0 Å². The van der Waals surface area contributed by atoms with Crippen LogP contribution in [0.2, 0.25) is 0 Å². The molecule has 39 heavy (non-hydrogen) atoms. The van der Waals surface area contributed by atoms with Gasteiger partial charge in [0.05, 0.1) is 17.7 Å². The summed E-state index contributed by atoms with van der Waals surface area (Å²) < 4.78 is 44.4. The summed E-state index contributed by atoms with van der Waals surface area (Å²) in [5.74, 6) is -1.70. The molecule has 0 aliphatic rings. The van der Waals surface area contributed by atoms with Gasteiger partial charge in [0.25, 0.3) is 0 Å².